The number of pyridine rings is 1. The van der Waals surface area contributed by atoms with Crippen molar-refractivity contribution in [3.8, 4) is 5.75 Å². The van der Waals surface area contributed by atoms with Crippen molar-refractivity contribution in [2.75, 3.05) is 5.73 Å². The minimum atomic E-state index is -0.319. The molecule has 0 amide bonds. The fourth-order valence-corrected chi connectivity index (χ4v) is 2.69. The van der Waals surface area contributed by atoms with E-state index in [1.54, 1.807) is 18.3 Å². The Morgan fingerprint density at radius 3 is 2.89 bits per heavy atom. The number of nitrogen functional groups attached to an aromatic ring is 1. The van der Waals surface area contributed by atoms with Crippen molar-refractivity contribution in [2.45, 2.75) is 13.0 Å². The van der Waals surface area contributed by atoms with Gasteiger partial charge in [-0.05, 0) is 69.7 Å². The van der Waals surface area contributed by atoms with Crippen LogP contribution in [-0.2, 0) is 0 Å². The van der Waals surface area contributed by atoms with Crippen LogP contribution in [0.3, 0.4) is 0 Å². The quantitative estimate of drug-likeness (QED) is 0.729. The average molecular weight is 437 g/mol. The molecule has 0 saturated carbocycles. The molecule has 0 aliphatic rings. The maximum Gasteiger partial charge on any atom is 0.166 e. The number of benzene rings is 1. The second kappa shape index (κ2) is 6.04. The lowest BCUT2D eigenvalue weighted by Crippen LogP contribution is -2.07. The van der Waals surface area contributed by atoms with E-state index in [4.69, 9.17) is 10.5 Å². The minimum Gasteiger partial charge on any atom is -0.482 e. The van der Waals surface area contributed by atoms with Gasteiger partial charge in [-0.15, -0.1) is 0 Å². The number of nitrogens with zero attached hydrogens (tertiary/aromatic N) is 1. The van der Waals surface area contributed by atoms with Crippen LogP contribution < -0.4 is 10.5 Å². The molecule has 2 rings (SSSR count). The summed E-state index contributed by atoms with van der Waals surface area (Å²) < 4.78 is 20.8. The summed E-state index contributed by atoms with van der Waals surface area (Å²) in [7, 11) is 0. The summed E-state index contributed by atoms with van der Waals surface area (Å²) in [6, 6.07) is 6.35. The van der Waals surface area contributed by atoms with E-state index in [1.165, 1.54) is 12.1 Å². The standard InChI is InChI=1S/C13H11BrFIN2O/c1-7(10-5-9(15)2-3-11(10)16)19-12-4-8(14)6-18-13(12)17/h2-7H,1H3,(H2,17,18)/t7-/m1/s1. The van der Waals surface area contributed by atoms with Crippen molar-refractivity contribution in [2.24, 2.45) is 0 Å². The minimum absolute atomic E-state index is 0.286. The summed E-state index contributed by atoms with van der Waals surface area (Å²) in [5.74, 6) is 0.495. The monoisotopic (exact) mass is 436 g/mol. The number of halogens is 3. The Balaban J connectivity index is 2.27. The zero-order valence-corrected chi connectivity index (χ0v) is 13.8. The Morgan fingerprint density at radius 2 is 2.16 bits per heavy atom. The van der Waals surface area contributed by atoms with Gasteiger partial charge in [0.2, 0.25) is 0 Å². The van der Waals surface area contributed by atoms with Gasteiger partial charge in [0, 0.05) is 19.8 Å². The first-order valence-electron chi connectivity index (χ1n) is 5.50. The lowest BCUT2D eigenvalue weighted by atomic mass is 10.1. The van der Waals surface area contributed by atoms with Gasteiger partial charge in [0.15, 0.2) is 11.6 Å². The molecule has 19 heavy (non-hydrogen) atoms. The zero-order chi connectivity index (χ0) is 14.0. The molecular weight excluding hydrogens is 426 g/mol. The Hall–Kier alpha value is -0.890. The van der Waals surface area contributed by atoms with Crippen LogP contribution in [0.2, 0.25) is 0 Å². The summed E-state index contributed by atoms with van der Waals surface area (Å²) >= 11 is 5.46. The van der Waals surface area contributed by atoms with Crippen molar-refractivity contribution < 1.29 is 9.13 Å². The van der Waals surface area contributed by atoms with E-state index in [1.807, 2.05) is 6.92 Å². The number of anilines is 1. The lowest BCUT2D eigenvalue weighted by molar-refractivity contribution is 0.226. The van der Waals surface area contributed by atoms with Gasteiger partial charge >= 0.3 is 0 Å². The normalized spacial score (nSPS) is 12.2. The number of nitrogens with two attached hydrogens (primary N) is 1. The first kappa shape index (κ1) is 14.5. The van der Waals surface area contributed by atoms with Crippen molar-refractivity contribution >= 4 is 44.3 Å². The molecule has 3 nitrogen and oxygen atoms in total. The van der Waals surface area contributed by atoms with Crippen LogP contribution in [0.1, 0.15) is 18.6 Å². The summed E-state index contributed by atoms with van der Waals surface area (Å²) in [4.78, 5) is 4.00. The average Bonchev–Trinajstić information content (AvgIpc) is 2.36. The summed E-state index contributed by atoms with van der Waals surface area (Å²) in [5, 5.41) is 0. The van der Waals surface area contributed by atoms with E-state index in [2.05, 4.69) is 43.5 Å². The van der Waals surface area contributed by atoms with Crippen LogP contribution in [0.5, 0.6) is 5.75 Å². The smallest absolute Gasteiger partial charge is 0.166 e. The van der Waals surface area contributed by atoms with Gasteiger partial charge in [-0.2, -0.15) is 0 Å². The summed E-state index contributed by atoms with van der Waals surface area (Å²) in [6.07, 6.45) is 1.28. The van der Waals surface area contributed by atoms with E-state index in [9.17, 15) is 4.39 Å². The highest BCUT2D eigenvalue weighted by molar-refractivity contribution is 14.1. The topological polar surface area (TPSA) is 48.1 Å². The molecule has 0 spiro atoms. The van der Waals surface area contributed by atoms with Gasteiger partial charge in [-0.1, -0.05) is 0 Å². The molecule has 2 aromatic rings. The molecule has 0 bridgehead atoms. The molecule has 1 aromatic heterocycles. The van der Waals surface area contributed by atoms with E-state index < -0.39 is 0 Å². The van der Waals surface area contributed by atoms with E-state index in [0.717, 1.165) is 13.6 Å². The van der Waals surface area contributed by atoms with E-state index >= 15 is 0 Å². The fourth-order valence-electron chi connectivity index (χ4n) is 1.61. The van der Waals surface area contributed by atoms with Crippen LogP contribution in [0, 0.1) is 9.39 Å². The molecule has 6 heteroatoms. The van der Waals surface area contributed by atoms with Crippen LogP contribution in [0.25, 0.3) is 0 Å². The van der Waals surface area contributed by atoms with Crippen molar-refractivity contribution in [3.63, 3.8) is 0 Å². The maximum atomic E-state index is 13.3. The van der Waals surface area contributed by atoms with Crippen molar-refractivity contribution in [1.82, 2.24) is 4.98 Å². The molecule has 0 saturated heterocycles. The molecule has 1 atom stereocenters. The van der Waals surface area contributed by atoms with Gasteiger partial charge in [0.25, 0.3) is 0 Å². The highest BCUT2D eigenvalue weighted by atomic mass is 127. The van der Waals surface area contributed by atoms with Gasteiger partial charge in [0.05, 0.1) is 0 Å². The van der Waals surface area contributed by atoms with Crippen molar-refractivity contribution in [3.05, 3.63) is 49.9 Å². The highest BCUT2D eigenvalue weighted by Gasteiger charge is 2.14. The van der Waals surface area contributed by atoms with E-state index in [-0.39, 0.29) is 11.9 Å². The Kier molecular flexibility index (Phi) is 4.62. The molecule has 0 aliphatic heterocycles. The third-order valence-electron chi connectivity index (χ3n) is 2.55. The maximum absolute atomic E-state index is 13.3. The molecule has 100 valence electrons. The van der Waals surface area contributed by atoms with Crippen LogP contribution in [-0.4, -0.2) is 4.98 Å². The van der Waals surface area contributed by atoms with Gasteiger partial charge in [-0.3, -0.25) is 0 Å². The summed E-state index contributed by atoms with van der Waals surface area (Å²) in [6.45, 7) is 1.84. The second-order valence-electron chi connectivity index (χ2n) is 3.96. The third kappa shape index (κ3) is 3.56. The van der Waals surface area contributed by atoms with Gasteiger partial charge < -0.3 is 10.5 Å². The second-order valence-corrected chi connectivity index (χ2v) is 6.04. The predicted octanol–water partition coefficient (Wildman–Crippen LogP) is 4.31. The molecule has 1 heterocycles. The Morgan fingerprint density at radius 1 is 1.42 bits per heavy atom. The zero-order valence-electron chi connectivity index (χ0n) is 10.0. The Bertz CT molecular complexity index is 609. The number of ether oxygens (including phenoxy) is 1. The van der Waals surface area contributed by atoms with Crippen molar-refractivity contribution in [1.29, 1.82) is 0 Å². The lowest BCUT2D eigenvalue weighted by Gasteiger charge is -2.17. The molecular formula is C13H11BrFIN2O. The Labute approximate surface area is 132 Å². The first-order chi connectivity index (χ1) is 8.97. The molecule has 0 fully saturated rings. The number of hydrogen-bond acceptors (Lipinski definition) is 3. The van der Waals surface area contributed by atoms with Gasteiger partial charge in [0.1, 0.15) is 11.9 Å². The first-order valence-corrected chi connectivity index (χ1v) is 7.37. The largest absolute Gasteiger partial charge is 0.482 e. The molecule has 0 radical (unpaired) electrons. The fraction of sp³-hybridized carbons (Fsp3) is 0.154. The van der Waals surface area contributed by atoms with Crippen LogP contribution >= 0.6 is 38.5 Å². The summed E-state index contributed by atoms with van der Waals surface area (Å²) in [5.41, 5.74) is 6.53. The highest BCUT2D eigenvalue weighted by Crippen LogP contribution is 2.30. The molecule has 2 N–H and O–H groups in total. The predicted molar refractivity (Wildman–Crippen MR) is 84.5 cm³/mol. The SMILES string of the molecule is C[C@@H](Oc1cc(Br)cnc1N)c1cc(F)ccc1I. The molecule has 0 aliphatic carbocycles. The van der Waals surface area contributed by atoms with Crippen LogP contribution in [0.15, 0.2) is 34.9 Å². The third-order valence-corrected chi connectivity index (χ3v) is 3.96. The molecule has 0 unspecified atom stereocenters. The number of aromatic nitrogens is 1. The number of rotatable bonds is 3. The molecule has 1 aromatic carbocycles. The number of hydrogen-bond donors (Lipinski definition) is 1. The van der Waals surface area contributed by atoms with E-state index in [0.29, 0.717) is 11.6 Å². The van der Waals surface area contributed by atoms with Gasteiger partial charge in [-0.25, -0.2) is 9.37 Å². The van der Waals surface area contributed by atoms with Crippen LogP contribution in [0.4, 0.5) is 10.2 Å².